The first-order valence-corrected chi connectivity index (χ1v) is 6.86. The van der Waals surface area contributed by atoms with E-state index in [1.807, 2.05) is 48.1 Å². The Bertz CT molecular complexity index is 537. The van der Waals surface area contributed by atoms with Crippen LogP contribution in [0.5, 0.6) is 0 Å². The van der Waals surface area contributed by atoms with E-state index in [4.69, 9.17) is 0 Å². The standard InChI is InChI=1S/C15H20N4O/c1-2-8-17-15(20)12-16-11-13-6-3-4-7-14(13)19-10-5-9-18-19/h3-7,9-10,16H,2,8,11-12H2,1H3,(H,17,20). The van der Waals surface area contributed by atoms with E-state index in [1.165, 1.54) is 0 Å². The van der Waals surface area contributed by atoms with Crippen LogP contribution in [0.1, 0.15) is 18.9 Å². The SMILES string of the molecule is CCCNC(=O)CNCc1ccccc1-n1cccn1. The van der Waals surface area contributed by atoms with Gasteiger partial charge in [-0.1, -0.05) is 25.1 Å². The number of hydrogen-bond acceptors (Lipinski definition) is 3. The van der Waals surface area contributed by atoms with E-state index < -0.39 is 0 Å². The smallest absolute Gasteiger partial charge is 0.233 e. The van der Waals surface area contributed by atoms with Gasteiger partial charge < -0.3 is 10.6 Å². The molecule has 20 heavy (non-hydrogen) atoms. The van der Waals surface area contributed by atoms with Crippen molar-refractivity contribution in [2.75, 3.05) is 13.1 Å². The lowest BCUT2D eigenvalue weighted by Crippen LogP contribution is -2.34. The van der Waals surface area contributed by atoms with Gasteiger partial charge in [0, 0.05) is 25.5 Å². The van der Waals surface area contributed by atoms with Gasteiger partial charge in [-0.15, -0.1) is 0 Å². The largest absolute Gasteiger partial charge is 0.355 e. The zero-order chi connectivity index (χ0) is 14.2. The van der Waals surface area contributed by atoms with Gasteiger partial charge in [0.1, 0.15) is 0 Å². The van der Waals surface area contributed by atoms with E-state index in [0.29, 0.717) is 13.1 Å². The molecule has 0 spiro atoms. The van der Waals surface area contributed by atoms with Gasteiger partial charge in [0.05, 0.1) is 12.2 Å². The summed E-state index contributed by atoms with van der Waals surface area (Å²) >= 11 is 0. The minimum atomic E-state index is 0.0309. The fraction of sp³-hybridized carbons (Fsp3) is 0.333. The van der Waals surface area contributed by atoms with Gasteiger partial charge in [-0.3, -0.25) is 4.79 Å². The molecule has 0 radical (unpaired) electrons. The van der Waals surface area contributed by atoms with Crippen molar-refractivity contribution < 1.29 is 4.79 Å². The Morgan fingerprint density at radius 2 is 2.15 bits per heavy atom. The number of rotatable bonds is 7. The first-order chi connectivity index (χ1) is 9.81. The van der Waals surface area contributed by atoms with E-state index in [1.54, 1.807) is 6.20 Å². The lowest BCUT2D eigenvalue weighted by Gasteiger charge is -2.10. The topological polar surface area (TPSA) is 59.0 Å². The van der Waals surface area contributed by atoms with Gasteiger partial charge in [0.2, 0.25) is 5.91 Å². The summed E-state index contributed by atoms with van der Waals surface area (Å²) in [5.41, 5.74) is 2.14. The molecule has 0 fully saturated rings. The highest BCUT2D eigenvalue weighted by molar-refractivity contribution is 5.77. The lowest BCUT2D eigenvalue weighted by molar-refractivity contribution is -0.120. The predicted octanol–water partition coefficient (Wildman–Crippen LogP) is 1.49. The van der Waals surface area contributed by atoms with Crippen LogP contribution in [0.3, 0.4) is 0 Å². The molecule has 1 amide bonds. The Balaban J connectivity index is 1.92. The second-order valence-corrected chi connectivity index (χ2v) is 4.53. The molecule has 5 nitrogen and oxygen atoms in total. The maximum absolute atomic E-state index is 11.5. The fourth-order valence-electron chi connectivity index (χ4n) is 1.93. The summed E-state index contributed by atoms with van der Waals surface area (Å²) in [6.45, 7) is 3.72. The fourth-order valence-corrected chi connectivity index (χ4v) is 1.93. The predicted molar refractivity (Wildman–Crippen MR) is 78.6 cm³/mol. The summed E-state index contributed by atoms with van der Waals surface area (Å²) in [4.78, 5) is 11.5. The molecule has 106 valence electrons. The molecule has 0 saturated heterocycles. The minimum Gasteiger partial charge on any atom is -0.355 e. The monoisotopic (exact) mass is 272 g/mol. The molecule has 0 aliphatic carbocycles. The van der Waals surface area contributed by atoms with Crippen LogP contribution < -0.4 is 10.6 Å². The van der Waals surface area contributed by atoms with E-state index in [9.17, 15) is 4.79 Å². The van der Waals surface area contributed by atoms with Crippen molar-refractivity contribution in [1.82, 2.24) is 20.4 Å². The molecule has 0 unspecified atom stereocenters. The molecule has 1 heterocycles. The third kappa shape index (κ3) is 3.93. The molecular weight excluding hydrogens is 252 g/mol. The number of nitrogens with zero attached hydrogens (tertiary/aromatic N) is 2. The molecule has 1 aromatic heterocycles. The second kappa shape index (κ2) is 7.45. The average molecular weight is 272 g/mol. The molecule has 1 aromatic carbocycles. The maximum atomic E-state index is 11.5. The highest BCUT2D eigenvalue weighted by atomic mass is 16.1. The number of nitrogens with one attached hydrogen (secondary N) is 2. The van der Waals surface area contributed by atoms with Crippen molar-refractivity contribution in [2.45, 2.75) is 19.9 Å². The summed E-state index contributed by atoms with van der Waals surface area (Å²) in [6, 6.07) is 9.91. The number of carbonyl (C=O) groups excluding carboxylic acids is 1. The number of amides is 1. The van der Waals surface area contributed by atoms with Crippen LogP contribution in [0, 0.1) is 0 Å². The van der Waals surface area contributed by atoms with E-state index in [0.717, 1.165) is 24.2 Å². The zero-order valence-electron chi connectivity index (χ0n) is 11.7. The second-order valence-electron chi connectivity index (χ2n) is 4.53. The van der Waals surface area contributed by atoms with E-state index in [2.05, 4.69) is 15.7 Å². The van der Waals surface area contributed by atoms with Crippen LogP contribution >= 0.6 is 0 Å². The molecule has 2 aromatic rings. The van der Waals surface area contributed by atoms with Crippen molar-refractivity contribution in [1.29, 1.82) is 0 Å². The van der Waals surface area contributed by atoms with Crippen molar-refractivity contribution in [3.8, 4) is 5.69 Å². The van der Waals surface area contributed by atoms with E-state index >= 15 is 0 Å². The Labute approximate surface area is 119 Å². The molecule has 2 rings (SSSR count). The van der Waals surface area contributed by atoms with Gasteiger partial charge in [-0.05, 0) is 24.1 Å². The average Bonchev–Trinajstić information content (AvgIpc) is 2.99. The Hall–Kier alpha value is -2.14. The van der Waals surface area contributed by atoms with Crippen LogP contribution in [0.2, 0.25) is 0 Å². The first kappa shape index (κ1) is 14.3. The number of carbonyl (C=O) groups is 1. The highest BCUT2D eigenvalue weighted by Gasteiger charge is 2.05. The van der Waals surface area contributed by atoms with Crippen molar-refractivity contribution in [3.63, 3.8) is 0 Å². The first-order valence-electron chi connectivity index (χ1n) is 6.86. The quantitative estimate of drug-likeness (QED) is 0.803. The summed E-state index contributed by atoms with van der Waals surface area (Å²) < 4.78 is 1.83. The number of benzene rings is 1. The molecule has 0 aliphatic heterocycles. The van der Waals surface area contributed by atoms with Crippen molar-refractivity contribution in [2.24, 2.45) is 0 Å². The van der Waals surface area contributed by atoms with Crippen LogP contribution in [0.15, 0.2) is 42.7 Å². The van der Waals surface area contributed by atoms with Crippen molar-refractivity contribution >= 4 is 5.91 Å². The van der Waals surface area contributed by atoms with Crippen LogP contribution in [0.4, 0.5) is 0 Å². The summed E-state index contributed by atoms with van der Waals surface area (Å²) in [7, 11) is 0. The molecular formula is C15H20N4O. The van der Waals surface area contributed by atoms with Gasteiger partial charge in [0.15, 0.2) is 0 Å². The molecule has 2 N–H and O–H groups in total. The van der Waals surface area contributed by atoms with Gasteiger partial charge in [0.25, 0.3) is 0 Å². The minimum absolute atomic E-state index is 0.0309. The van der Waals surface area contributed by atoms with Crippen LogP contribution in [-0.4, -0.2) is 28.8 Å². The summed E-state index contributed by atoms with van der Waals surface area (Å²) in [5, 5.41) is 10.2. The third-order valence-electron chi connectivity index (χ3n) is 2.92. The molecule has 0 saturated carbocycles. The number of hydrogen-bond donors (Lipinski definition) is 2. The Morgan fingerprint density at radius 1 is 1.30 bits per heavy atom. The molecule has 0 aliphatic rings. The van der Waals surface area contributed by atoms with E-state index in [-0.39, 0.29) is 5.91 Å². The van der Waals surface area contributed by atoms with Gasteiger partial charge in [-0.25, -0.2) is 4.68 Å². The van der Waals surface area contributed by atoms with Gasteiger partial charge in [-0.2, -0.15) is 5.10 Å². The Morgan fingerprint density at radius 3 is 2.90 bits per heavy atom. The molecule has 0 atom stereocenters. The molecule has 0 bridgehead atoms. The number of aromatic nitrogens is 2. The molecule has 5 heteroatoms. The lowest BCUT2D eigenvalue weighted by atomic mass is 10.2. The van der Waals surface area contributed by atoms with Crippen molar-refractivity contribution in [3.05, 3.63) is 48.3 Å². The maximum Gasteiger partial charge on any atom is 0.233 e. The summed E-state index contributed by atoms with van der Waals surface area (Å²) in [6.07, 6.45) is 4.61. The Kier molecular flexibility index (Phi) is 5.32. The van der Waals surface area contributed by atoms with Gasteiger partial charge >= 0.3 is 0 Å². The summed E-state index contributed by atoms with van der Waals surface area (Å²) in [5.74, 6) is 0.0309. The normalized spacial score (nSPS) is 10.4. The highest BCUT2D eigenvalue weighted by Crippen LogP contribution is 2.12. The third-order valence-corrected chi connectivity index (χ3v) is 2.92. The number of para-hydroxylation sites is 1. The van der Waals surface area contributed by atoms with Crippen LogP contribution in [0.25, 0.3) is 5.69 Å². The zero-order valence-corrected chi connectivity index (χ0v) is 11.7. The van der Waals surface area contributed by atoms with Crippen LogP contribution in [-0.2, 0) is 11.3 Å².